The summed E-state index contributed by atoms with van der Waals surface area (Å²) in [5, 5.41) is 9.98. The highest BCUT2D eigenvalue weighted by atomic mass is 32.1. The lowest BCUT2D eigenvalue weighted by Gasteiger charge is -2.34. The van der Waals surface area contributed by atoms with Crippen molar-refractivity contribution in [1.82, 2.24) is 9.38 Å². The van der Waals surface area contributed by atoms with Crippen molar-refractivity contribution in [3.63, 3.8) is 0 Å². The lowest BCUT2D eigenvalue weighted by Crippen LogP contribution is -2.28. The van der Waals surface area contributed by atoms with E-state index in [1.165, 1.54) is 108 Å². The molecule has 0 atom stereocenters. The number of fused-ring (bicyclic) bond motifs is 16. The van der Waals surface area contributed by atoms with Crippen LogP contribution in [0, 0.1) is 0 Å². The van der Waals surface area contributed by atoms with Crippen LogP contribution in [0.4, 0.5) is 0 Å². The van der Waals surface area contributed by atoms with Crippen LogP contribution in [0.25, 0.3) is 114 Å². The average Bonchev–Trinajstić information content (AvgIpc) is 4.11. The number of hydrogen-bond donors (Lipinski definition) is 0. The van der Waals surface area contributed by atoms with E-state index in [0.29, 0.717) is 0 Å². The third-order valence-electron chi connectivity index (χ3n) is 15.1. The highest BCUT2D eigenvalue weighted by Gasteiger charge is 2.46. The van der Waals surface area contributed by atoms with Gasteiger partial charge in [0.15, 0.2) is 5.65 Å². The Morgan fingerprint density at radius 3 is 1.72 bits per heavy atom. The first kappa shape index (κ1) is 38.5. The smallest absolute Gasteiger partial charge is 0.156 e. The van der Waals surface area contributed by atoms with E-state index in [9.17, 15) is 0 Å². The summed E-state index contributed by atoms with van der Waals surface area (Å²) < 4.78 is 4.90. The van der Waals surface area contributed by atoms with Gasteiger partial charge in [0, 0.05) is 20.9 Å². The highest BCUT2D eigenvalue weighted by molar-refractivity contribution is 7.26. The van der Waals surface area contributed by atoms with Gasteiger partial charge in [-0.25, -0.2) is 4.98 Å². The summed E-state index contributed by atoms with van der Waals surface area (Å²) in [5.74, 6) is 0. The molecule has 0 saturated heterocycles. The predicted molar refractivity (Wildman–Crippen MR) is 292 cm³/mol. The van der Waals surface area contributed by atoms with Gasteiger partial charge in [0.1, 0.15) is 0 Å². The van der Waals surface area contributed by atoms with Crippen LogP contribution in [0.1, 0.15) is 22.3 Å². The number of nitrogens with zero attached hydrogens (tertiary/aromatic N) is 2. The first-order valence-electron chi connectivity index (χ1n) is 23.8. The Morgan fingerprint density at radius 2 is 0.971 bits per heavy atom. The van der Waals surface area contributed by atoms with Crippen LogP contribution in [-0.4, -0.2) is 9.38 Å². The molecule has 69 heavy (non-hydrogen) atoms. The fourth-order valence-corrected chi connectivity index (χ4v) is 13.2. The summed E-state index contributed by atoms with van der Waals surface area (Å²) >= 11 is 1.85. The van der Waals surface area contributed by atoms with Crippen molar-refractivity contribution >= 4 is 80.5 Å². The molecule has 0 N–H and O–H groups in total. The van der Waals surface area contributed by atoms with Crippen molar-refractivity contribution in [2.24, 2.45) is 0 Å². The first-order valence-corrected chi connectivity index (χ1v) is 24.6. The van der Waals surface area contributed by atoms with E-state index in [4.69, 9.17) is 4.98 Å². The maximum absolute atomic E-state index is 5.58. The number of pyridine rings is 1. The van der Waals surface area contributed by atoms with Gasteiger partial charge in [-0.05, 0) is 106 Å². The Kier molecular flexibility index (Phi) is 8.19. The SMILES string of the molecule is c1ccc(C2(c3ccccc3)c3ccccc3-c3c(-c4ccc(-c5ccc(-c6cc7c(sc8ccc9ccccc9c87)c7nc8c9ccc%10ccccc%10c9ccc8n67)cc5)cc4)cccc32)cc1. The zero-order valence-corrected chi connectivity index (χ0v) is 38.2. The summed E-state index contributed by atoms with van der Waals surface area (Å²) in [5.41, 5.74) is 17.6. The molecule has 1 aliphatic rings. The third-order valence-corrected chi connectivity index (χ3v) is 16.2. The molecule has 14 aromatic rings. The second-order valence-electron chi connectivity index (χ2n) is 18.5. The Balaban J connectivity index is 0.869. The normalized spacial score (nSPS) is 13.0. The van der Waals surface area contributed by atoms with Crippen molar-refractivity contribution in [3.05, 3.63) is 265 Å². The van der Waals surface area contributed by atoms with E-state index in [0.717, 1.165) is 27.9 Å². The summed E-state index contributed by atoms with van der Waals surface area (Å²) in [6.07, 6.45) is 0. The van der Waals surface area contributed by atoms with Gasteiger partial charge in [0.2, 0.25) is 0 Å². The molecule has 0 spiro atoms. The van der Waals surface area contributed by atoms with Crippen molar-refractivity contribution in [2.75, 3.05) is 0 Å². The number of imidazole rings is 1. The fraction of sp³-hybridized carbons (Fsp3) is 0.0152. The quantitative estimate of drug-likeness (QED) is 0.157. The van der Waals surface area contributed by atoms with Crippen LogP contribution in [0.15, 0.2) is 243 Å². The molecule has 1 aliphatic carbocycles. The molecule has 0 unspecified atom stereocenters. The minimum atomic E-state index is -0.432. The standard InChI is InChI=1S/C66H40N2S/c1-3-16-47(17-4-1)66(48-18-5-2-6-19-48)56-24-12-11-22-54(56)61-50(23-13-25-57(61)66)45-30-26-41(27-31-45)42-28-32-46(33-29-42)59-40-55-62-51-21-10-8-15-44(51)35-39-60(62)69-64(55)65-67-63-53-36-34-43-14-7-9-20-49(43)52(53)37-38-58(63)68(59)65/h1-40H. The number of aromatic nitrogens is 2. The number of benzene rings is 11. The van der Waals surface area contributed by atoms with E-state index >= 15 is 0 Å². The van der Waals surface area contributed by atoms with Crippen molar-refractivity contribution < 1.29 is 0 Å². The average molecular weight is 893 g/mol. The fourth-order valence-electron chi connectivity index (χ4n) is 12.0. The van der Waals surface area contributed by atoms with E-state index in [1.54, 1.807) is 0 Å². The maximum Gasteiger partial charge on any atom is 0.156 e. The van der Waals surface area contributed by atoms with Gasteiger partial charge < -0.3 is 0 Å². The van der Waals surface area contributed by atoms with Gasteiger partial charge in [0.25, 0.3) is 0 Å². The molecule has 11 aromatic carbocycles. The number of thiophene rings is 1. The largest absolute Gasteiger partial charge is 0.291 e. The zero-order chi connectivity index (χ0) is 45.2. The molecule has 0 fully saturated rings. The van der Waals surface area contributed by atoms with Gasteiger partial charge in [0.05, 0.1) is 26.8 Å². The molecular formula is C66H40N2S. The molecule has 3 heteroatoms. The van der Waals surface area contributed by atoms with Gasteiger partial charge in [-0.15, -0.1) is 11.3 Å². The summed E-state index contributed by atoms with van der Waals surface area (Å²) in [6, 6.07) is 89.8. The van der Waals surface area contributed by atoms with Gasteiger partial charge in [-0.2, -0.15) is 0 Å². The molecule has 15 rings (SSSR count). The molecule has 0 amide bonds. The molecule has 320 valence electrons. The van der Waals surface area contributed by atoms with Crippen LogP contribution < -0.4 is 0 Å². The van der Waals surface area contributed by atoms with E-state index in [2.05, 4.69) is 247 Å². The van der Waals surface area contributed by atoms with Gasteiger partial charge in [-0.3, -0.25) is 4.40 Å². The Labute approximate surface area is 402 Å². The van der Waals surface area contributed by atoms with E-state index < -0.39 is 5.41 Å². The summed E-state index contributed by atoms with van der Waals surface area (Å²) in [4.78, 5) is 5.58. The predicted octanol–water partition coefficient (Wildman–Crippen LogP) is 17.7. The minimum Gasteiger partial charge on any atom is -0.291 e. The minimum absolute atomic E-state index is 0.432. The molecule has 3 heterocycles. The second-order valence-corrected chi connectivity index (χ2v) is 19.6. The van der Waals surface area contributed by atoms with Crippen LogP contribution in [-0.2, 0) is 5.41 Å². The maximum atomic E-state index is 5.58. The van der Waals surface area contributed by atoms with Gasteiger partial charge >= 0.3 is 0 Å². The Bertz CT molecular complexity index is 4350. The lowest BCUT2D eigenvalue weighted by atomic mass is 9.67. The second kappa shape index (κ2) is 14.7. The molecule has 0 aliphatic heterocycles. The van der Waals surface area contributed by atoms with Gasteiger partial charge in [-0.1, -0.05) is 224 Å². The zero-order valence-electron chi connectivity index (χ0n) is 37.4. The first-order chi connectivity index (χ1) is 34.2. The van der Waals surface area contributed by atoms with Crippen molar-refractivity contribution in [2.45, 2.75) is 5.41 Å². The van der Waals surface area contributed by atoms with Crippen LogP contribution in [0.2, 0.25) is 0 Å². The summed E-state index contributed by atoms with van der Waals surface area (Å²) in [7, 11) is 0. The lowest BCUT2D eigenvalue weighted by molar-refractivity contribution is 0.768. The highest BCUT2D eigenvalue weighted by Crippen LogP contribution is 2.58. The van der Waals surface area contributed by atoms with Crippen LogP contribution >= 0.6 is 11.3 Å². The van der Waals surface area contributed by atoms with Crippen LogP contribution in [0.3, 0.4) is 0 Å². The van der Waals surface area contributed by atoms with E-state index in [-0.39, 0.29) is 0 Å². The molecule has 3 aromatic heterocycles. The third kappa shape index (κ3) is 5.45. The Hall–Kier alpha value is -8.63. The Morgan fingerprint density at radius 1 is 0.391 bits per heavy atom. The topological polar surface area (TPSA) is 17.3 Å². The molecular weight excluding hydrogens is 853 g/mol. The van der Waals surface area contributed by atoms with Crippen molar-refractivity contribution in [3.8, 4) is 44.6 Å². The molecule has 0 radical (unpaired) electrons. The molecule has 0 saturated carbocycles. The van der Waals surface area contributed by atoms with E-state index in [1.807, 2.05) is 11.3 Å². The number of rotatable bonds is 5. The molecule has 2 nitrogen and oxygen atoms in total. The van der Waals surface area contributed by atoms with Crippen molar-refractivity contribution in [1.29, 1.82) is 0 Å². The molecule has 0 bridgehead atoms. The number of hydrogen-bond acceptors (Lipinski definition) is 2. The monoisotopic (exact) mass is 892 g/mol. The van der Waals surface area contributed by atoms with Crippen LogP contribution in [0.5, 0.6) is 0 Å². The summed E-state index contributed by atoms with van der Waals surface area (Å²) in [6.45, 7) is 0.